The van der Waals surface area contributed by atoms with Gasteiger partial charge in [-0.05, 0) is 57.2 Å². The first-order valence-electron chi connectivity index (χ1n) is 7.83. The van der Waals surface area contributed by atoms with Crippen LogP contribution in [0.5, 0.6) is 0 Å². The molecule has 1 aliphatic rings. The SMILES string of the molecule is CC(C)(C)S(=O)(=O)CC(=O)N1CC[C@H](Cc2ccc(F)cc2)C1. The largest absolute Gasteiger partial charge is 0.342 e. The lowest BCUT2D eigenvalue weighted by Crippen LogP contribution is -2.40. The number of carbonyl (C=O) groups excluding carboxylic acids is 1. The maximum Gasteiger partial charge on any atom is 0.237 e. The number of halogens is 1. The van der Waals surface area contributed by atoms with Gasteiger partial charge in [-0.3, -0.25) is 4.79 Å². The molecule has 0 unspecified atom stereocenters. The fraction of sp³-hybridized carbons (Fsp3) is 0.588. The second-order valence-corrected chi connectivity index (χ2v) is 9.94. The average Bonchev–Trinajstić information content (AvgIpc) is 2.88. The summed E-state index contributed by atoms with van der Waals surface area (Å²) in [6, 6.07) is 6.37. The normalized spacial score (nSPS) is 19.1. The summed E-state index contributed by atoms with van der Waals surface area (Å²) in [6.07, 6.45) is 1.62. The molecule has 1 aliphatic heterocycles. The van der Waals surface area contributed by atoms with Crippen LogP contribution in [0.2, 0.25) is 0 Å². The van der Waals surface area contributed by atoms with Crippen LogP contribution in [0.3, 0.4) is 0 Å². The Balaban J connectivity index is 1.92. The second kappa shape index (κ2) is 6.59. The summed E-state index contributed by atoms with van der Waals surface area (Å²) in [6.45, 7) is 5.98. The highest BCUT2D eigenvalue weighted by molar-refractivity contribution is 7.93. The monoisotopic (exact) mass is 341 g/mol. The van der Waals surface area contributed by atoms with Crippen molar-refractivity contribution in [1.82, 2.24) is 4.90 Å². The Bertz CT molecular complexity index is 662. The van der Waals surface area contributed by atoms with Crippen LogP contribution in [0.4, 0.5) is 4.39 Å². The number of carbonyl (C=O) groups is 1. The summed E-state index contributed by atoms with van der Waals surface area (Å²) >= 11 is 0. The van der Waals surface area contributed by atoms with Crippen molar-refractivity contribution < 1.29 is 17.6 Å². The Kier molecular flexibility index (Phi) is 5.14. The average molecular weight is 341 g/mol. The Labute approximate surface area is 137 Å². The number of likely N-dealkylation sites (tertiary alicyclic amines) is 1. The van der Waals surface area contributed by atoms with Gasteiger partial charge in [-0.2, -0.15) is 0 Å². The fourth-order valence-electron chi connectivity index (χ4n) is 2.65. The number of hydrogen-bond acceptors (Lipinski definition) is 3. The van der Waals surface area contributed by atoms with E-state index >= 15 is 0 Å². The third-order valence-corrected chi connectivity index (χ3v) is 6.82. The smallest absolute Gasteiger partial charge is 0.237 e. The number of hydrogen-bond donors (Lipinski definition) is 0. The van der Waals surface area contributed by atoms with E-state index in [9.17, 15) is 17.6 Å². The van der Waals surface area contributed by atoms with E-state index in [1.54, 1.807) is 37.8 Å². The van der Waals surface area contributed by atoms with Crippen LogP contribution >= 0.6 is 0 Å². The van der Waals surface area contributed by atoms with Gasteiger partial charge in [-0.15, -0.1) is 0 Å². The zero-order valence-electron chi connectivity index (χ0n) is 13.9. The predicted octanol–water partition coefficient (Wildman–Crippen LogP) is 2.43. The Morgan fingerprint density at radius 1 is 1.26 bits per heavy atom. The molecular formula is C17H24FNO3S. The number of rotatable bonds is 4. The maximum atomic E-state index is 12.9. The van der Waals surface area contributed by atoms with E-state index in [4.69, 9.17) is 0 Å². The van der Waals surface area contributed by atoms with Gasteiger partial charge in [0.2, 0.25) is 5.91 Å². The standard InChI is InChI=1S/C17H24FNO3S/c1-17(2,3)23(21,22)12-16(20)19-9-8-14(11-19)10-13-4-6-15(18)7-5-13/h4-7,14H,8-12H2,1-3H3/t14-/m1/s1. The van der Waals surface area contributed by atoms with Crippen LogP contribution in [0.15, 0.2) is 24.3 Å². The minimum absolute atomic E-state index is 0.260. The van der Waals surface area contributed by atoms with Crippen LogP contribution in [0.1, 0.15) is 32.8 Å². The van der Waals surface area contributed by atoms with Gasteiger partial charge >= 0.3 is 0 Å². The lowest BCUT2D eigenvalue weighted by molar-refractivity contribution is -0.127. The Morgan fingerprint density at radius 2 is 1.87 bits per heavy atom. The number of sulfone groups is 1. The highest BCUT2D eigenvalue weighted by atomic mass is 32.2. The van der Waals surface area contributed by atoms with Crippen molar-refractivity contribution >= 4 is 15.7 Å². The molecule has 0 aromatic heterocycles. The molecule has 0 N–H and O–H groups in total. The lowest BCUT2D eigenvalue weighted by atomic mass is 9.99. The summed E-state index contributed by atoms with van der Waals surface area (Å²) in [4.78, 5) is 13.9. The molecule has 0 aliphatic carbocycles. The van der Waals surface area contributed by atoms with Gasteiger partial charge in [0.1, 0.15) is 11.6 Å². The number of benzene rings is 1. The van der Waals surface area contributed by atoms with E-state index in [1.165, 1.54) is 12.1 Å². The number of nitrogens with zero attached hydrogens (tertiary/aromatic N) is 1. The summed E-state index contributed by atoms with van der Waals surface area (Å²) in [5, 5.41) is 0. The van der Waals surface area contributed by atoms with E-state index in [-0.39, 0.29) is 11.7 Å². The summed E-state index contributed by atoms with van der Waals surface area (Å²) in [5.74, 6) is -0.715. The molecule has 6 heteroatoms. The zero-order valence-corrected chi connectivity index (χ0v) is 14.7. The molecule has 1 heterocycles. The first-order valence-corrected chi connectivity index (χ1v) is 9.48. The molecule has 1 fully saturated rings. The van der Waals surface area contributed by atoms with Crippen LogP contribution in [0, 0.1) is 11.7 Å². The van der Waals surface area contributed by atoms with Crippen LogP contribution in [-0.4, -0.2) is 42.8 Å². The maximum absolute atomic E-state index is 12.9. The van der Waals surface area contributed by atoms with Crippen molar-refractivity contribution in [3.05, 3.63) is 35.6 Å². The molecule has 0 saturated carbocycles. The van der Waals surface area contributed by atoms with Crippen molar-refractivity contribution in [1.29, 1.82) is 0 Å². The molecule has 1 aromatic carbocycles. The third-order valence-electron chi connectivity index (χ3n) is 4.32. The molecule has 0 radical (unpaired) electrons. The summed E-state index contributed by atoms with van der Waals surface area (Å²) in [7, 11) is -3.45. The zero-order chi connectivity index (χ0) is 17.3. The number of amides is 1. The van der Waals surface area contributed by atoms with E-state index in [0.717, 1.165) is 18.4 Å². The highest BCUT2D eigenvalue weighted by Crippen LogP contribution is 2.23. The molecule has 23 heavy (non-hydrogen) atoms. The van der Waals surface area contributed by atoms with Crippen LogP contribution in [-0.2, 0) is 21.1 Å². The van der Waals surface area contributed by atoms with Crippen molar-refractivity contribution in [2.24, 2.45) is 5.92 Å². The molecule has 1 aromatic rings. The predicted molar refractivity (Wildman–Crippen MR) is 88.3 cm³/mol. The fourth-order valence-corrected chi connectivity index (χ4v) is 3.59. The van der Waals surface area contributed by atoms with Crippen molar-refractivity contribution in [3.63, 3.8) is 0 Å². The topological polar surface area (TPSA) is 54.5 Å². The van der Waals surface area contributed by atoms with Gasteiger partial charge in [0, 0.05) is 13.1 Å². The molecule has 0 spiro atoms. The van der Waals surface area contributed by atoms with Crippen molar-refractivity contribution in [2.75, 3.05) is 18.8 Å². The van der Waals surface area contributed by atoms with Crippen molar-refractivity contribution in [3.8, 4) is 0 Å². The summed E-state index contributed by atoms with van der Waals surface area (Å²) < 4.78 is 36.3. The molecule has 1 amide bonds. The van der Waals surface area contributed by atoms with E-state index < -0.39 is 20.3 Å². The van der Waals surface area contributed by atoms with E-state index in [2.05, 4.69) is 0 Å². The van der Waals surface area contributed by atoms with Gasteiger partial charge in [0.15, 0.2) is 9.84 Å². The first kappa shape index (κ1) is 17.9. The van der Waals surface area contributed by atoms with Crippen LogP contribution < -0.4 is 0 Å². The molecule has 4 nitrogen and oxygen atoms in total. The van der Waals surface area contributed by atoms with Crippen LogP contribution in [0.25, 0.3) is 0 Å². The molecular weight excluding hydrogens is 317 g/mol. The third kappa shape index (κ3) is 4.53. The molecule has 2 rings (SSSR count). The molecule has 128 valence electrons. The van der Waals surface area contributed by atoms with Gasteiger partial charge in [-0.1, -0.05) is 12.1 Å². The second-order valence-electron chi connectivity index (χ2n) is 7.20. The Morgan fingerprint density at radius 3 is 2.43 bits per heavy atom. The molecule has 1 saturated heterocycles. The van der Waals surface area contributed by atoms with Crippen molar-refractivity contribution in [2.45, 2.75) is 38.4 Å². The Hall–Kier alpha value is -1.43. The quantitative estimate of drug-likeness (QED) is 0.845. The highest BCUT2D eigenvalue weighted by Gasteiger charge is 2.34. The minimum atomic E-state index is -3.45. The van der Waals surface area contributed by atoms with E-state index in [0.29, 0.717) is 19.0 Å². The molecule has 0 bridgehead atoms. The molecule has 1 atom stereocenters. The lowest BCUT2D eigenvalue weighted by Gasteiger charge is -2.22. The van der Waals surface area contributed by atoms with Gasteiger partial charge in [0.25, 0.3) is 0 Å². The van der Waals surface area contributed by atoms with Gasteiger partial charge in [-0.25, -0.2) is 12.8 Å². The van der Waals surface area contributed by atoms with Gasteiger partial charge < -0.3 is 4.90 Å². The summed E-state index contributed by atoms with van der Waals surface area (Å²) in [5.41, 5.74) is 1.04. The minimum Gasteiger partial charge on any atom is -0.342 e. The van der Waals surface area contributed by atoms with Gasteiger partial charge in [0.05, 0.1) is 4.75 Å². The first-order chi connectivity index (χ1) is 10.6. The van der Waals surface area contributed by atoms with E-state index in [1.807, 2.05) is 0 Å².